The topological polar surface area (TPSA) is 48.8 Å². The zero-order valence-electron chi connectivity index (χ0n) is 30.7. The van der Waals surface area contributed by atoms with Crippen LogP contribution < -0.4 is 0 Å². The summed E-state index contributed by atoms with van der Waals surface area (Å²) in [5.41, 5.74) is 13.2. The van der Waals surface area contributed by atoms with Crippen LogP contribution in [0.3, 0.4) is 0 Å². The summed E-state index contributed by atoms with van der Waals surface area (Å²) in [5.74, 6) is 0.651. The molecule has 12 rings (SSSR count). The monoisotopic (exact) mass is 728 g/mol. The lowest BCUT2D eigenvalue weighted by Crippen LogP contribution is -1.96. The first-order valence-corrected chi connectivity index (χ1v) is 19.3. The fourth-order valence-electron chi connectivity index (χ4n) is 8.84. The third kappa shape index (κ3) is 4.82. The summed E-state index contributed by atoms with van der Waals surface area (Å²) >= 11 is 0. The minimum atomic E-state index is 0.651. The van der Waals surface area contributed by atoms with Crippen molar-refractivity contribution in [1.82, 2.24) is 19.1 Å². The molecule has 0 atom stereocenters. The quantitative estimate of drug-likeness (QED) is 0.177. The molecule has 0 aliphatic carbocycles. The lowest BCUT2D eigenvalue weighted by Gasteiger charge is -2.11. The zero-order valence-corrected chi connectivity index (χ0v) is 30.7. The summed E-state index contributed by atoms with van der Waals surface area (Å²) in [6.07, 6.45) is 0. The Bertz CT molecular complexity index is 3450. The molecule has 8 aromatic carbocycles. The molecule has 0 unspecified atom stereocenters. The normalized spacial score (nSPS) is 11.9. The predicted octanol–water partition coefficient (Wildman–Crippen LogP) is 13.6. The van der Waals surface area contributed by atoms with E-state index in [4.69, 9.17) is 14.4 Å². The molecule has 0 amide bonds. The highest BCUT2D eigenvalue weighted by atomic mass is 16.3. The van der Waals surface area contributed by atoms with Gasteiger partial charge in [0.1, 0.15) is 11.2 Å². The molecule has 57 heavy (non-hydrogen) atoms. The van der Waals surface area contributed by atoms with Gasteiger partial charge in [-0.15, -0.1) is 0 Å². The second-order valence-electron chi connectivity index (χ2n) is 14.6. The van der Waals surface area contributed by atoms with Crippen molar-refractivity contribution in [3.05, 3.63) is 194 Å². The smallest absolute Gasteiger partial charge is 0.160 e. The molecule has 4 heterocycles. The van der Waals surface area contributed by atoms with Crippen molar-refractivity contribution >= 4 is 65.6 Å². The highest BCUT2D eigenvalue weighted by Crippen LogP contribution is 2.44. The third-order valence-corrected chi connectivity index (χ3v) is 11.3. The average molecular weight is 729 g/mol. The molecule has 12 aromatic rings. The summed E-state index contributed by atoms with van der Waals surface area (Å²) in [4.78, 5) is 10.2. The Balaban J connectivity index is 1.09. The van der Waals surface area contributed by atoms with Crippen LogP contribution in [0.5, 0.6) is 0 Å². The molecule has 0 spiro atoms. The number of furan rings is 1. The summed E-state index contributed by atoms with van der Waals surface area (Å²) in [6, 6.07) is 68.2. The van der Waals surface area contributed by atoms with Gasteiger partial charge < -0.3 is 13.6 Å². The van der Waals surface area contributed by atoms with Crippen LogP contribution in [-0.2, 0) is 0 Å². The molecule has 4 aromatic heterocycles. The van der Waals surface area contributed by atoms with Gasteiger partial charge in [-0.25, -0.2) is 9.97 Å². The van der Waals surface area contributed by atoms with Gasteiger partial charge >= 0.3 is 0 Å². The van der Waals surface area contributed by atoms with E-state index in [1.165, 1.54) is 32.6 Å². The molecule has 0 fully saturated rings. The molecule has 0 saturated carbocycles. The maximum Gasteiger partial charge on any atom is 0.160 e. The Kier molecular flexibility index (Phi) is 6.86. The SMILES string of the molecule is c1ccc(-c2cc(-c3ccccc3)nc(-c3ccc4c(c3)oc3cccc(-n5c6ccccc6c6c5ccc5c7ccccc7n(-c7ccccc7)c56)c34)n2)cc1. The summed E-state index contributed by atoms with van der Waals surface area (Å²) in [5, 5.41) is 7.00. The second kappa shape index (κ2) is 12.4. The van der Waals surface area contributed by atoms with Crippen molar-refractivity contribution in [3.63, 3.8) is 0 Å². The summed E-state index contributed by atoms with van der Waals surface area (Å²) in [6.45, 7) is 0. The predicted molar refractivity (Wildman–Crippen MR) is 234 cm³/mol. The van der Waals surface area contributed by atoms with Crippen molar-refractivity contribution in [2.24, 2.45) is 0 Å². The molecular weight excluding hydrogens is 697 g/mol. The van der Waals surface area contributed by atoms with E-state index in [0.717, 1.165) is 72.4 Å². The second-order valence-corrected chi connectivity index (χ2v) is 14.6. The Morgan fingerprint density at radius 3 is 1.70 bits per heavy atom. The van der Waals surface area contributed by atoms with Crippen LogP contribution in [0, 0.1) is 0 Å². The van der Waals surface area contributed by atoms with Crippen molar-refractivity contribution in [3.8, 4) is 45.3 Å². The number of fused-ring (bicyclic) bond motifs is 10. The number of benzene rings is 8. The van der Waals surface area contributed by atoms with Gasteiger partial charge in [-0.1, -0.05) is 133 Å². The number of nitrogens with zero attached hydrogens (tertiary/aromatic N) is 4. The Morgan fingerprint density at radius 1 is 0.368 bits per heavy atom. The lowest BCUT2D eigenvalue weighted by atomic mass is 10.1. The van der Waals surface area contributed by atoms with E-state index in [2.05, 4.69) is 167 Å². The van der Waals surface area contributed by atoms with E-state index in [9.17, 15) is 0 Å². The molecule has 0 bridgehead atoms. The lowest BCUT2D eigenvalue weighted by molar-refractivity contribution is 0.669. The van der Waals surface area contributed by atoms with Gasteiger partial charge in [-0.3, -0.25) is 0 Å². The molecule has 0 saturated heterocycles. The van der Waals surface area contributed by atoms with Crippen LogP contribution in [0.4, 0.5) is 0 Å². The van der Waals surface area contributed by atoms with Crippen LogP contribution >= 0.6 is 0 Å². The minimum Gasteiger partial charge on any atom is -0.456 e. The number of aromatic nitrogens is 4. The Morgan fingerprint density at radius 2 is 0.982 bits per heavy atom. The zero-order chi connectivity index (χ0) is 37.5. The van der Waals surface area contributed by atoms with Gasteiger partial charge in [0.05, 0.1) is 44.5 Å². The number of para-hydroxylation sites is 3. The fraction of sp³-hybridized carbons (Fsp3) is 0. The number of rotatable bonds is 5. The van der Waals surface area contributed by atoms with Crippen LogP contribution in [0.25, 0.3) is 111 Å². The molecule has 0 aliphatic heterocycles. The molecular formula is C52H32N4O. The van der Waals surface area contributed by atoms with Crippen molar-refractivity contribution in [2.75, 3.05) is 0 Å². The van der Waals surface area contributed by atoms with E-state index >= 15 is 0 Å². The van der Waals surface area contributed by atoms with Crippen LogP contribution in [0.2, 0.25) is 0 Å². The van der Waals surface area contributed by atoms with Crippen molar-refractivity contribution in [2.45, 2.75) is 0 Å². The highest BCUT2D eigenvalue weighted by molar-refractivity contribution is 6.26. The van der Waals surface area contributed by atoms with E-state index in [-0.39, 0.29) is 0 Å². The largest absolute Gasteiger partial charge is 0.456 e. The van der Waals surface area contributed by atoms with Gasteiger partial charge in [0.25, 0.3) is 0 Å². The molecule has 266 valence electrons. The maximum atomic E-state index is 6.72. The number of hydrogen-bond donors (Lipinski definition) is 0. The van der Waals surface area contributed by atoms with Gasteiger partial charge in [-0.05, 0) is 60.7 Å². The average Bonchev–Trinajstić information content (AvgIpc) is 3.94. The molecule has 5 nitrogen and oxygen atoms in total. The van der Waals surface area contributed by atoms with E-state index < -0.39 is 0 Å². The maximum absolute atomic E-state index is 6.72. The van der Waals surface area contributed by atoms with Gasteiger partial charge in [0.2, 0.25) is 0 Å². The van der Waals surface area contributed by atoms with E-state index in [0.29, 0.717) is 5.82 Å². The van der Waals surface area contributed by atoms with Crippen LogP contribution in [-0.4, -0.2) is 19.1 Å². The minimum absolute atomic E-state index is 0.651. The highest BCUT2D eigenvalue weighted by Gasteiger charge is 2.23. The van der Waals surface area contributed by atoms with E-state index in [1.54, 1.807) is 0 Å². The van der Waals surface area contributed by atoms with Gasteiger partial charge in [-0.2, -0.15) is 0 Å². The van der Waals surface area contributed by atoms with Gasteiger partial charge in [0, 0.05) is 49.3 Å². The molecule has 0 N–H and O–H groups in total. The van der Waals surface area contributed by atoms with Crippen LogP contribution in [0.1, 0.15) is 0 Å². The van der Waals surface area contributed by atoms with Gasteiger partial charge in [0.15, 0.2) is 5.82 Å². The van der Waals surface area contributed by atoms with Crippen LogP contribution in [0.15, 0.2) is 199 Å². The van der Waals surface area contributed by atoms with Crippen molar-refractivity contribution in [1.29, 1.82) is 0 Å². The molecule has 5 heteroatoms. The first kappa shape index (κ1) is 31.6. The number of hydrogen-bond acceptors (Lipinski definition) is 3. The third-order valence-electron chi connectivity index (χ3n) is 11.3. The summed E-state index contributed by atoms with van der Waals surface area (Å²) < 4.78 is 11.6. The first-order valence-electron chi connectivity index (χ1n) is 19.3. The molecule has 0 radical (unpaired) electrons. The van der Waals surface area contributed by atoms with Crippen molar-refractivity contribution < 1.29 is 4.42 Å². The summed E-state index contributed by atoms with van der Waals surface area (Å²) in [7, 11) is 0. The Hall–Kier alpha value is -7.76. The standard InChI is InChI=1S/C52H32N4O/c1-4-15-33(16-5-1)41-32-42(34-17-6-2-7-18-34)54-52(53-41)35-27-28-40-48(31-35)57-47-26-14-25-45(49(40)47)56-44-24-13-11-22-39(44)50-46(56)30-29-38-37-21-10-12-23-43(37)55(51(38)50)36-19-8-3-9-20-36/h1-32H. The molecule has 0 aliphatic rings. The first-order chi connectivity index (χ1) is 28.3. The Labute approximate surface area is 327 Å². The fourth-order valence-corrected chi connectivity index (χ4v) is 8.84. The van der Waals surface area contributed by atoms with E-state index in [1.807, 2.05) is 36.4 Å².